The number of benzene rings is 1. The first kappa shape index (κ1) is 10.9. The molecule has 0 aromatic heterocycles. The molecule has 2 fully saturated rings. The molecule has 1 N–H and O–H groups in total. The number of halogens is 2. The molecule has 1 nitrogen and oxygen atoms in total. The Morgan fingerprint density at radius 2 is 1.73 bits per heavy atom. The summed E-state index contributed by atoms with van der Waals surface area (Å²) in [4.78, 5) is 0. The minimum atomic E-state index is -0.138. The lowest BCUT2D eigenvalue weighted by Crippen LogP contribution is -2.22. The van der Waals surface area contributed by atoms with E-state index >= 15 is 0 Å². The van der Waals surface area contributed by atoms with Crippen molar-refractivity contribution in [3.8, 4) is 0 Å². The minimum absolute atomic E-state index is 0. The Kier molecular flexibility index (Phi) is 2.52. The molecular formula is C12H15ClFN. The first-order valence-corrected chi connectivity index (χ1v) is 5.19. The molecule has 3 heteroatoms. The summed E-state index contributed by atoms with van der Waals surface area (Å²) in [5.41, 5.74) is 1.62. The number of fused-ring (bicyclic) bond motifs is 1. The van der Waals surface area contributed by atoms with Gasteiger partial charge in [0.2, 0.25) is 0 Å². The van der Waals surface area contributed by atoms with E-state index in [1.54, 1.807) is 12.1 Å². The number of hydrogen-bond acceptors (Lipinski definition) is 1. The summed E-state index contributed by atoms with van der Waals surface area (Å²) in [7, 11) is 0. The Morgan fingerprint density at radius 1 is 1.20 bits per heavy atom. The largest absolute Gasteiger partial charge is 0.316 e. The summed E-state index contributed by atoms with van der Waals surface area (Å²) in [6.07, 6.45) is 0. The Labute approximate surface area is 95.5 Å². The fraction of sp³-hybridized carbons (Fsp3) is 0.500. The summed E-state index contributed by atoms with van der Waals surface area (Å²) >= 11 is 0. The Morgan fingerprint density at radius 3 is 2.27 bits per heavy atom. The smallest absolute Gasteiger partial charge is 0.123 e. The molecule has 1 saturated carbocycles. The maximum Gasteiger partial charge on any atom is 0.123 e. The van der Waals surface area contributed by atoms with Crippen LogP contribution in [0.1, 0.15) is 12.5 Å². The van der Waals surface area contributed by atoms with Gasteiger partial charge < -0.3 is 5.32 Å². The lowest BCUT2D eigenvalue weighted by Gasteiger charge is -2.16. The van der Waals surface area contributed by atoms with E-state index in [1.165, 1.54) is 5.56 Å². The van der Waals surface area contributed by atoms with Crippen molar-refractivity contribution < 1.29 is 4.39 Å². The molecule has 1 aliphatic carbocycles. The molecule has 0 bridgehead atoms. The zero-order chi connectivity index (χ0) is 9.76. The van der Waals surface area contributed by atoms with Crippen molar-refractivity contribution in [1.82, 2.24) is 5.32 Å². The van der Waals surface area contributed by atoms with Gasteiger partial charge in [-0.2, -0.15) is 0 Å². The van der Waals surface area contributed by atoms with Gasteiger partial charge in [-0.05, 0) is 42.6 Å². The van der Waals surface area contributed by atoms with Crippen molar-refractivity contribution in [2.45, 2.75) is 12.3 Å². The van der Waals surface area contributed by atoms with Crippen LogP contribution in [0.25, 0.3) is 0 Å². The van der Waals surface area contributed by atoms with E-state index in [9.17, 15) is 4.39 Å². The van der Waals surface area contributed by atoms with E-state index in [0.29, 0.717) is 5.41 Å². The first-order chi connectivity index (χ1) is 6.73. The Balaban J connectivity index is 0.000000853. The van der Waals surface area contributed by atoms with Crippen LogP contribution in [0.3, 0.4) is 0 Å². The molecule has 1 saturated heterocycles. The lowest BCUT2D eigenvalue weighted by molar-refractivity contribution is 0.555. The third-order valence-corrected chi connectivity index (χ3v) is 4.11. The van der Waals surface area contributed by atoms with Crippen LogP contribution in [0.4, 0.5) is 4.39 Å². The maximum absolute atomic E-state index is 12.8. The van der Waals surface area contributed by atoms with Gasteiger partial charge in [-0.15, -0.1) is 12.4 Å². The summed E-state index contributed by atoms with van der Waals surface area (Å²) < 4.78 is 12.8. The van der Waals surface area contributed by atoms with Crippen molar-refractivity contribution in [3.05, 3.63) is 35.6 Å². The van der Waals surface area contributed by atoms with Crippen LogP contribution in [0.5, 0.6) is 0 Å². The summed E-state index contributed by atoms with van der Waals surface area (Å²) in [6, 6.07) is 7.02. The lowest BCUT2D eigenvalue weighted by atomic mass is 9.93. The van der Waals surface area contributed by atoms with Gasteiger partial charge in [0.05, 0.1) is 0 Å². The van der Waals surface area contributed by atoms with Crippen molar-refractivity contribution in [2.24, 2.45) is 11.8 Å². The Hall–Kier alpha value is -0.600. The minimum Gasteiger partial charge on any atom is -0.316 e. The summed E-state index contributed by atoms with van der Waals surface area (Å²) in [6.45, 7) is 4.55. The van der Waals surface area contributed by atoms with Gasteiger partial charge in [0.1, 0.15) is 5.82 Å². The highest BCUT2D eigenvalue weighted by molar-refractivity contribution is 5.85. The van der Waals surface area contributed by atoms with Gasteiger partial charge in [-0.25, -0.2) is 4.39 Å². The quantitative estimate of drug-likeness (QED) is 0.777. The molecule has 1 aliphatic heterocycles. The maximum atomic E-state index is 12.8. The molecule has 2 aliphatic rings. The molecule has 0 radical (unpaired) electrons. The molecule has 15 heavy (non-hydrogen) atoms. The highest BCUT2D eigenvalue weighted by atomic mass is 35.5. The van der Waals surface area contributed by atoms with Gasteiger partial charge in [0.25, 0.3) is 0 Å². The van der Waals surface area contributed by atoms with Crippen LogP contribution in [-0.2, 0) is 5.41 Å². The SMILES string of the molecule is CC1(c2ccc(F)cc2)C2CNCC21.Cl. The van der Waals surface area contributed by atoms with E-state index < -0.39 is 0 Å². The van der Waals surface area contributed by atoms with E-state index in [-0.39, 0.29) is 18.2 Å². The van der Waals surface area contributed by atoms with Crippen molar-refractivity contribution in [2.75, 3.05) is 13.1 Å². The second-order valence-corrected chi connectivity index (χ2v) is 4.66. The molecular weight excluding hydrogens is 213 g/mol. The molecule has 82 valence electrons. The average molecular weight is 228 g/mol. The number of piperidine rings is 1. The number of rotatable bonds is 1. The van der Waals surface area contributed by atoms with Crippen LogP contribution in [0.2, 0.25) is 0 Å². The number of nitrogens with one attached hydrogen (secondary N) is 1. The monoisotopic (exact) mass is 227 g/mol. The fourth-order valence-electron chi connectivity index (χ4n) is 3.04. The molecule has 0 spiro atoms. The Bertz CT molecular complexity index is 352. The molecule has 0 amide bonds. The molecule has 1 aromatic carbocycles. The summed E-state index contributed by atoms with van der Waals surface area (Å²) in [5.74, 6) is 1.40. The third kappa shape index (κ3) is 1.39. The topological polar surface area (TPSA) is 12.0 Å². The van der Waals surface area contributed by atoms with E-state index in [2.05, 4.69) is 12.2 Å². The highest BCUT2D eigenvalue weighted by Gasteiger charge is 2.63. The second kappa shape index (κ2) is 3.46. The molecule has 2 atom stereocenters. The van der Waals surface area contributed by atoms with Crippen LogP contribution < -0.4 is 5.32 Å². The molecule has 2 unspecified atom stereocenters. The number of hydrogen-bond donors (Lipinski definition) is 1. The van der Waals surface area contributed by atoms with Gasteiger partial charge in [0, 0.05) is 5.41 Å². The van der Waals surface area contributed by atoms with Crippen LogP contribution in [-0.4, -0.2) is 13.1 Å². The van der Waals surface area contributed by atoms with E-state index in [4.69, 9.17) is 0 Å². The zero-order valence-corrected chi connectivity index (χ0v) is 9.48. The third-order valence-electron chi connectivity index (χ3n) is 4.11. The molecule has 1 heterocycles. The van der Waals surface area contributed by atoms with Crippen LogP contribution >= 0.6 is 12.4 Å². The second-order valence-electron chi connectivity index (χ2n) is 4.66. The van der Waals surface area contributed by atoms with Gasteiger partial charge in [-0.1, -0.05) is 19.1 Å². The van der Waals surface area contributed by atoms with Crippen molar-refractivity contribution in [1.29, 1.82) is 0 Å². The van der Waals surface area contributed by atoms with E-state index in [0.717, 1.165) is 24.9 Å². The highest BCUT2D eigenvalue weighted by Crippen LogP contribution is 2.61. The summed E-state index contributed by atoms with van der Waals surface area (Å²) in [5, 5.41) is 3.38. The zero-order valence-electron chi connectivity index (χ0n) is 8.66. The standard InChI is InChI=1S/C12H14FN.ClH/c1-12(10-6-14-7-11(10)12)8-2-4-9(13)5-3-8;/h2-5,10-11,14H,6-7H2,1H3;1H. The van der Waals surface area contributed by atoms with Gasteiger partial charge >= 0.3 is 0 Å². The molecule has 3 rings (SSSR count). The van der Waals surface area contributed by atoms with Crippen LogP contribution in [0.15, 0.2) is 24.3 Å². The predicted molar refractivity (Wildman–Crippen MR) is 60.8 cm³/mol. The van der Waals surface area contributed by atoms with Crippen molar-refractivity contribution >= 4 is 12.4 Å². The van der Waals surface area contributed by atoms with Crippen LogP contribution in [0, 0.1) is 17.7 Å². The van der Waals surface area contributed by atoms with Gasteiger partial charge in [0.15, 0.2) is 0 Å². The normalized spacial score (nSPS) is 36.9. The average Bonchev–Trinajstić information content (AvgIpc) is 2.63. The predicted octanol–water partition coefficient (Wildman–Crippen LogP) is 2.35. The molecule has 1 aromatic rings. The van der Waals surface area contributed by atoms with E-state index in [1.807, 2.05) is 12.1 Å². The van der Waals surface area contributed by atoms with Gasteiger partial charge in [-0.3, -0.25) is 0 Å². The fourth-order valence-corrected chi connectivity index (χ4v) is 3.04. The van der Waals surface area contributed by atoms with Crippen molar-refractivity contribution in [3.63, 3.8) is 0 Å². The first-order valence-electron chi connectivity index (χ1n) is 5.19.